The number of hydrogen-bond acceptors (Lipinski definition) is 9. The summed E-state index contributed by atoms with van der Waals surface area (Å²) in [6, 6.07) is 0. The van der Waals surface area contributed by atoms with Gasteiger partial charge in [-0.05, 0) is 19.8 Å². The molecule has 0 aliphatic rings. The number of carboxylic acid groups (broad SMARTS) is 1. The molecule has 0 saturated carbocycles. The second-order valence-corrected chi connectivity index (χ2v) is 7.76. The molecule has 0 aliphatic carbocycles. The first-order valence-corrected chi connectivity index (χ1v) is 11.8. The van der Waals surface area contributed by atoms with E-state index < -0.39 is 11.9 Å². The molecule has 0 fully saturated rings. The van der Waals surface area contributed by atoms with E-state index in [1.165, 1.54) is 6.92 Å². The maximum absolute atomic E-state index is 11.8. The van der Waals surface area contributed by atoms with Gasteiger partial charge in [-0.3, -0.25) is 19.2 Å². The molecule has 0 aromatic rings. The van der Waals surface area contributed by atoms with Crippen molar-refractivity contribution in [2.75, 3.05) is 65.9 Å². The Morgan fingerprint density at radius 3 is 1.97 bits per heavy atom. The van der Waals surface area contributed by atoms with Crippen LogP contribution in [0, 0.1) is 5.92 Å². The highest BCUT2D eigenvalue weighted by Crippen LogP contribution is 2.13. The molecule has 0 rings (SSSR count). The fourth-order valence-corrected chi connectivity index (χ4v) is 2.66. The smallest absolute Gasteiger partial charge is 0.306 e. The fourth-order valence-electron chi connectivity index (χ4n) is 2.66. The van der Waals surface area contributed by atoms with Crippen LogP contribution in [0.1, 0.15) is 46.0 Å². The van der Waals surface area contributed by atoms with Crippen LogP contribution in [-0.4, -0.2) is 100 Å². The molecule has 0 aromatic heterocycles. The first kappa shape index (κ1) is 32.6. The molecule has 0 saturated heterocycles. The van der Waals surface area contributed by atoms with Gasteiger partial charge in [-0.1, -0.05) is 6.92 Å². The molecular formula is C23H40N2O10. The molecule has 12 nitrogen and oxygen atoms in total. The molecule has 0 bridgehead atoms. The molecule has 0 aromatic carbocycles. The van der Waals surface area contributed by atoms with Crippen molar-refractivity contribution in [1.82, 2.24) is 10.6 Å². The third kappa shape index (κ3) is 21.8. The Morgan fingerprint density at radius 2 is 1.34 bits per heavy atom. The molecule has 12 heteroatoms. The minimum atomic E-state index is -1.10. The van der Waals surface area contributed by atoms with Crippen molar-refractivity contribution < 1.29 is 48.0 Å². The molecular weight excluding hydrogens is 464 g/mol. The number of ketones is 2. The normalized spacial score (nSPS) is 11.6. The van der Waals surface area contributed by atoms with Crippen molar-refractivity contribution in [2.45, 2.75) is 46.0 Å². The van der Waals surface area contributed by atoms with Gasteiger partial charge < -0.3 is 39.5 Å². The molecule has 0 heterocycles. The van der Waals surface area contributed by atoms with Gasteiger partial charge in [-0.15, -0.1) is 0 Å². The molecule has 1 atom stereocenters. The Hall–Kier alpha value is -2.41. The number of rotatable bonds is 24. The lowest BCUT2D eigenvalue weighted by atomic mass is 9.96. The maximum Gasteiger partial charge on any atom is 0.306 e. The van der Waals surface area contributed by atoms with Crippen LogP contribution < -0.4 is 10.6 Å². The number of Topliss-reactive ketones (excluding diaryl/α,β-unsaturated/α-hetero) is 2. The molecule has 0 aliphatic heterocycles. The number of nitrogens with one attached hydrogen (secondary N) is 2. The van der Waals surface area contributed by atoms with Crippen LogP contribution in [0.4, 0.5) is 0 Å². The lowest BCUT2D eigenvalue weighted by molar-refractivity contribution is -0.144. The Balaban J connectivity index is 3.53. The summed E-state index contributed by atoms with van der Waals surface area (Å²) in [5.74, 6) is -2.74. The fraction of sp³-hybridized carbons (Fsp3) is 0.783. The lowest BCUT2D eigenvalue weighted by Crippen LogP contribution is -2.31. The zero-order valence-electron chi connectivity index (χ0n) is 20.8. The molecule has 0 unspecified atom stereocenters. The van der Waals surface area contributed by atoms with Gasteiger partial charge in [0.15, 0.2) is 5.78 Å². The van der Waals surface area contributed by atoms with E-state index in [0.29, 0.717) is 45.8 Å². The monoisotopic (exact) mass is 504 g/mol. The molecule has 3 N–H and O–H groups in total. The van der Waals surface area contributed by atoms with Crippen LogP contribution in [0.3, 0.4) is 0 Å². The largest absolute Gasteiger partial charge is 0.481 e. The van der Waals surface area contributed by atoms with Crippen LogP contribution in [-0.2, 0) is 42.9 Å². The number of carboxylic acids is 1. The number of hydrogen-bond donors (Lipinski definition) is 3. The summed E-state index contributed by atoms with van der Waals surface area (Å²) in [5, 5.41) is 14.5. The van der Waals surface area contributed by atoms with Crippen LogP contribution in [0.5, 0.6) is 0 Å². The zero-order chi connectivity index (χ0) is 26.3. The summed E-state index contributed by atoms with van der Waals surface area (Å²) in [4.78, 5) is 56.7. The molecule has 2 amide bonds. The zero-order valence-corrected chi connectivity index (χ0v) is 20.8. The number of amides is 2. The first-order chi connectivity index (χ1) is 16.8. The van der Waals surface area contributed by atoms with Gasteiger partial charge >= 0.3 is 5.97 Å². The number of carbonyl (C=O) groups is 5. The topological polar surface area (TPSA) is 167 Å². The van der Waals surface area contributed by atoms with Gasteiger partial charge in [0, 0.05) is 45.6 Å². The lowest BCUT2D eigenvalue weighted by Gasteiger charge is -2.11. The summed E-state index contributed by atoms with van der Waals surface area (Å²) < 4.78 is 21.1. The highest BCUT2D eigenvalue weighted by molar-refractivity contribution is 5.85. The average molecular weight is 505 g/mol. The van der Waals surface area contributed by atoms with Crippen molar-refractivity contribution in [2.24, 2.45) is 5.92 Å². The van der Waals surface area contributed by atoms with Crippen molar-refractivity contribution in [3.63, 3.8) is 0 Å². The van der Waals surface area contributed by atoms with E-state index in [9.17, 15) is 24.0 Å². The predicted octanol–water partition coefficient (Wildman–Crippen LogP) is 0.115. The minimum Gasteiger partial charge on any atom is -0.481 e. The Labute approximate surface area is 206 Å². The highest BCUT2D eigenvalue weighted by Gasteiger charge is 2.21. The summed E-state index contributed by atoms with van der Waals surface area (Å²) in [5.41, 5.74) is 0. The first-order valence-electron chi connectivity index (χ1n) is 11.8. The number of ether oxygens (including phenoxy) is 4. The summed E-state index contributed by atoms with van der Waals surface area (Å²) in [6.07, 6.45) is 1.16. The predicted molar refractivity (Wildman–Crippen MR) is 125 cm³/mol. The minimum absolute atomic E-state index is 0.0138. The quantitative estimate of drug-likeness (QED) is 0.154. The third-order valence-corrected chi connectivity index (χ3v) is 4.57. The number of aliphatic carboxylic acids is 1. The Kier molecular flexibility index (Phi) is 20.6. The molecule has 35 heavy (non-hydrogen) atoms. The summed E-state index contributed by atoms with van der Waals surface area (Å²) in [6.45, 7) is 5.56. The van der Waals surface area contributed by atoms with Gasteiger partial charge in [0.25, 0.3) is 0 Å². The van der Waals surface area contributed by atoms with E-state index in [0.717, 1.165) is 0 Å². The van der Waals surface area contributed by atoms with Crippen LogP contribution >= 0.6 is 0 Å². The van der Waals surface area contributed by atoms with E-state index in [4.69, 9.17) is 24.1 Å². The Bertz CT molecular complexity index is 642. The standard InChI is InChI=1S/C23H40N2O10/c1-3-21(28)24-7-11-32-9-4-10-34-17-22(29)25-8-12-33-13-14-35-16-20(27)15-19(23(30)31)6-5-18(2)26/h19H,3-17H2,1-2H3,(H,24,28)(H,25,29)(H,30,31)/t19-/m1/s1. The SMILES string of the molecule is CCC(=O)NCCOCCCOCC(=O)NCCOCCOCC(=O)C[C@@H](CCC(C)=O)C(=O)O. The van der Waals surface area contributed by atoms with E-state index in [-0.39, 0.29) is 75.7 Å². The van der Waals surface area contributed by atoms with Crippen molar-refractivity contribution in [1.29, 1.82) is 0 Å². The maximum atomic E-state index is 11.8. The van der Waals surface area contributed by atoms with E-state index in [1.54, 1.807) is 6.92 Å². The van der Waals surface area contributed by atoms with Crippen molar-refractivity contribution >= 4 is 29.4 Å². The van der Waals surface area contributed by atoms with Gasteiger partial charge in [-0.2, -0.15) is 0 Å². The molecule has 0 radical (unpaired) electrons. The van der Waals surface area contributed by atoms with E-state index >= 15 is 0 Å². The molecule has 0 spiro atoms. The second-order valence-electron chi connectivity index (χ2n) is 7.76. The van der Waals surface area contributed by atoms with Gasteiger partial charge in [0.05, 0.1) is 32.3 Å². The van der Waals surface area contributed by atoms with Crippen LogP contribution in [0.2, 0.25) is 0 Å². The molecule has 202 valence electrons. The van der Waals surface area contributed by atoms with Gasteiger partial charge in [-0.25, -0.2) is 0 Å². The third-order valence-electron chi connectivity index (χ3n) is 4.57. The van der Waals surface area contributed by atoms with Crippen LogP contribution in [0.25, 0.3) is 0 Å². The Morgan fingerprint density at radius 1 is 0.771 bits per heavy atom. The average Bonchev–Trinajstić information content (AvgIpc) is 2.81. The van der Waals surface area contributed by atoms with Gasteiger partial charge in [0.1, 0.15) is 19.0 Å². The summed E-state index contributed by atoms with van der Waals surface area (Å²) in [7, 11) is 0. The number of carbonyl (C=O) groups excluding carboxylic acids is 4. The van der Waals surface area contributed by atoms with Crippen LogP contribution in [0.15, 0.2) is 0 Å². The highest BCUT2D eigenvalue weighted by atomic mass is 16.5. The van der Waals surface area contributed by atoms with E-state index in [2.05, 4.69) is 10.6 Å². The second kappa shape index (κ2) is 22.1. The van der Waals surface area contributed by atoms with Gasteiger partial charge in [0.2, 0.25) is 11.8 Å². The summed E-state index contributed by atoms with van der Waals surface area (Å²) >= 11 is 0. The van der Waals surface area contributed by atoms with Crippen molar-refractivity contribution in [3.8, 4) is 0 Å². The van der Waals surface area contributed by atoms with Crippen molar-refractivity contribution in [3.05, 3.63) is 0 Å². The van der Waals surface area contributed by atoms with E-state index in [1.807, 2.05) is 0 Å².